The number of carbonyl (C=O) groups is 1. The maximum absolute atomic E-state index is 14.6. The quantitative estimate of drug-likeness (QED) is 0.451. The van der Waals surface area contributed by atoms with Gasteiger partial charge >= 0.3 is 0 Å². The number of halogens is 1. The summed E-state index contributed by atoms with van der Waals surface area (Å²) in [6.45, 7) is 3.95. The molecule has 6 nitrogen and oxygen atoms in total. The summed E-state index contributed by atoms with van der Waals surface area (Å²) >= 11 is 0. The van der Waals surface area contributed by atoms with E-state index in [1.54, 1.807) is 49.6 Å². The fourth-order valence-electron chi connectivity index (χ4n) is 3.23. The third-order valence-electron chi connectivity index (χ3n) is 5.01. The number of nitrogens with one attached hydrogen (secondary N) is 2. The minimum Gasteiger partial charge on any atom is -0.439 e. The van der Waals surface area contributed by atoms with Crippen LogP contribution in [0.4, 0.5) is 16.0 Å². The van der Waals surface area contributed by atoms with Crippen LogP contribution in [0.1, 0.15) is 21.5 Å². The summed E-state index contributed by atoms with van der Waals surface area (Å²) in [5.41, 5.74) is 2.77. The molecule has 1 heterocycles. The van der Waals surface area contributed by atoms with Gasteiger partial charge in [0.1, 0.15) is 11.6 Å². The number of hydrogen-bond donors (Lipinski definition) is 2. The molecule has 0 spiro atoms. The Kier molecular flexibility index (Phi) is 5.49. The van der Waals surface area contributed by atoms with Crippen LogP contribution >= 0.6 is 0 Å². The van der Waals surface area contributed by atoms with E-state index in [9.17, 15) is 9.18 Å². The lowest BCUT2D eigenvalue weighted by molar-refractivity contribution is 0.102. The molecule has 0 saturated heterocycles. The first-order chi connectivity index (χ1) is 14.9. The molecule has 3 aromatic carbocycles. The lowest BCUT2D eigenvalue weighted by atomic mass is 10.0. The molecule has 0 bridgehead atoms. The second-order valence-corrected chi connectivity index (χ2v) is 7.13. The molecule has 1 aromatic heterocycles. The third-order valence-corrected chi connectivity index (χ3v) is 5.01. The number of hydrogen-bond acceptors (Lipinski definition) is 5. The predicted octanol–water partition coefficient (Wildman–Crippen LogP) is 5.47. The molecule has 1 amide bonds. The molecule has 2 N–H and O–H groups in total. The molecule has 0 unspecified atom stereocenters. The van der Waals surface area contributed by atoms with Crippen molar-refractivity contribution in [1.29, 1.82) is 0 Å². The number of fused-ring (bicyclic) bond motifs is 1. The highest BCUT2D eigenvalue weighted by molar-refractivity contribution is 6.13. The van der Waals surface area contributed by atoms with Crippen molar-refractivity contribution in [2.75, 3.05) is 17.7 Å². The molecule has 4 rings (SSSR count). The summed E-state index contributed by atoms with van der Waals surface area (Å²) < 4.78 is 20.4. The molecular weight excluding hydrogens is 395 g/mol. The van der Waals surface area contributed by atoms with Crippen molar-refractivity contribution in [2.24, 2.45) is 0 Å². The molecule has 0 aliphatic carbocycles. The Hall–Kier alpha value is -4.00. The molecule has 0 fully saturated rings. The van der Waals surface area contributed by atoms with Gasteiger partial charge in [0.2, 0.25) is 11.8 Å². The average Bonchev–Trinajstić information content (AvgIpc) is 2.76. The largest absolute Gasteiger partial charge is 0.439 e. The van der Waals surface area contributed by atoms with E-state index >= 15 is 0 Å². The summed E-state index contributed by atoms with van der Waals surface area (Å²) in [6.07, 6.45) is 1.58. The number of carbonyl (C=O) groups excluding carboxylic acids is 1. The van der Waals surface area contributed by atoms with E-state index in [2.05, 4.69) is 20.6 Å². The second-order valence-electron chi connectivity index (χ2n) is 7.13. The highest BCUT2D eigenvalue weighted by Gasteiger charge is 2.17. The van der Waals surface area contributed by atoms with E-state index in [-0.39, 0.29) is 5.56 Å². The van der Waals surface area contributed by atoms with Crippen LogP contribution in [0.2, 0.25) is 0 Å². The molecule has 4 aromatic rings. The molecule has 0 atom stereocenters. The first-order valence-corrected chi connectivity index (χ1v) is 9.74. The van der Waals surface area contributed by atoms with Crippen LogP contribution in [0.3, 0.4) is 0 Å². The van der Waals surface area contributed by atoms with Crippen LogP contribution in [-0.2, 0) is 0 Å². The molecule has 0 radical (unpaired) electrons. The van der Waals surface area contributed by atoms with Gasteiger partial charge < -0.3 is 15.4 Å². The lowest BCUT2D eigenvalue weighted by Gasteiger charge is -2.12. The van der Waals surface area contributed by atoms with E-state index in [1.807, 2.05) is 26.0 Å². The van der Waals surface area contributed by atoms with Crippen molar-refractivity contribution in [2.45, 2.75) is 13.8 Å². The first kappa shape index (κ1) is 20.3. The van der Waals surface area contributed by atoms with Gasteiger partial charge in [-0.2, -0.15) is 4.98 Å². The summed E-state index contributed by atoms with van der Waals surface area (Å²) in [4.78, 5) is 21.1. The fourth-order valence-corrected chi connectivity index (χ4v) is 3.23. The van der Waals surface area contributed by atoms with Gasteiger partial charge in [0.15, 0.2) is 0 Å². The summed E-state index contributed by atoms with van der Waals surface area (Å²) in [7, 11) is 1.72. The van der Waals surface area contributed by atoms with Crippen molar-refractivity contribution in [3.63, 3.8) is 0 Å². The van der Waals surface area contributed by atoms with Gasteiger partial charge in [0.25, 0.3) is 5.91 Å². The lowest BCUT2D eigenvalue weighted by Crippen LogP contribution is -2.14. The number of amides is 1. The monoisotopic (exact) mass is 416 g/mol. The summed E-state index contributed by atoms with van der Waals surface area (Å²) in [6, 6.07) is 15.2. The number of rotatable bonds is 5. The number of aryl methyl sites for hydroxylation is 2. The zero-order chi connectivity index (χ0) is 22.0. The topological polar surface area (TPSA) is 76.1 Å². The Labute approximate surface area is 179 Å². The van der Waals surface area contributed by atoms with Crippen molar-refractivity contribution in [3.8, 4) is 11.6 Å². The maximum Gasteiger partial charge on any atom is 0.259 e. The van der Waals surface area contributed by atoms with Crippen molar-refractivity contribution >= 4 is 28.3 Å². The molecule has 0 saturated carbocycles. The van der Waals surface area contributed by atoms with E-state index in [4.69, 9.17) is 4.74 Å². The van der Waals surface area contributed by atoms with Gasteiger partial charge in [-0.25, -0.2) is 9.37 Å². The van der Waals surface area contributed by atoms with Crippen molar-refractivity contribution in [1.82, 2.24) is 9.97 Å². The SMILES string of the molecule is CNc1nccc(Oc2ccc3c(C(=O)Nc4ccc(C)c(C)c4)c(F)ccc3c2)n1. The fraction of sp³-hybridized carbons (Fsp3) is 0.125. The third kappa shape index (κ3) is 4.30. The van der Waals surface area contributed by atoms with Crippen molar-refractivity contribution in [3.05, 3.63) is 83.3 Å². The van der Waals surface area contributed by atoms with E-state index in [0.717, 1.165) is 11.1 Å². The van der Waals surface area contributed by atoms with E-state index < -0.39 is 11.7 Å². The van der Waals surface area contributed by atoms with Crippen LogP contribution in [0.25, 0.3) is 10.8 Å². The highest BCUT2D eigenvalue weighted by Crippen LogP contribution is 2.29. The minimum absolute atomic E-state index is 0.0122. The van der Waals surface area contributed by atoms with Crippen molar-refractivity contribution < 1.29 is 13.9 Å². The summed E-state index contributed by atoms with van der Waals surface area (Å²) in [5.74, 6) is 0.228. The molecule has 156 valence electrons. The second kappa shape index (κ2) is 8.39. The van der Waals surface area contributed by atoms with Gasteiger partial charge in [0, 0.05) is 25.0 Å². The minimum atomic E-state index is -0.586. The van der Waals surface area contributed by atoms with Gasteiger partial charge in [-0.15, -0.1) is 0 Å². The number of anilines is 2. The Morgan fingerprint density at radius 3 is 2.61 bits per heavy atom. The molecule has 31 heavy (non-hydrogen) atoms. The Bertz CT molecular complexity index is 1290. The van der Waals surface area contributed by atoms with Crippen LogP contribution in [0, 0.1) is 19.7 Å². The first-order valence-electron chi connectivity index (χ1n) is 9.74. The van der Waals surface area contributed by atoms with Crippen LogP contribution < -0.4 is 15.4 Å². The number of aromatic nitrogens is 2. The highest BCUT2D eigenvalue weighted by atomic mass is 19.1. The number of nitrogens with zero attached hydrogens (tertiary/aromatic N) is 2. The molecule has 7 heteroatoms. The Morgan fingerprint density at radius 1 is 1.00 bits per heavy atom. The smallest absolute Gasteiger partial charge is 0.259 e. The van der Waals surface area contributed by atoms with Crippen LogP contribution in [0.5, 0.6) is 11.6 Å². The zero-order valence-electron chi connectivity index (χ0n) is 17.4. The Morgan fingerprint density at radius 2 is 1.84 bits per heavy atom. The average molecular weight is 416 g/mol. The molecule has 0 aliphatic rings. The Balaban J connectivity index is 1.65. The molecular formula is C24H21FN4O2. The normalized spacial score (nSPS) is 10.7. The van der Waals surface area contributed by atoms with Gasteiger partial charge in [-0.3, -0.25) is 4.79 Å². The molecule has 0 aliphatic heterocycles. The van der Waals surface area contributed by atoms with E-state index in [0.29, 0.717) is 34.0 Å². The summed E-state index contributed by atoms with van der Waals surface area (Å²) in [5, 5.41) is 6.81. The van der Waals surface area contributed by atoms with Gasteiger partial charge in [-0.1, -0.05) is 12.1 Å². The number of benzene rings is 3. The maximum atomic E-state index is 14.6. The number of ether oxygens (including phenoxy) is 1. The van der Waals surface area contributed by atoms with Crippen LogP contribution in [-0.4, -0.2) is 22.9 Å². The van der Waals surface area contributed by atoms with Gasteiger partial charge in [0.05, 0.1) is 5.56 Å². The standard InChI is InChI=1S/C24H21FN4O2/c1-14-4-6-17(12-15(14)2)28-23(30)22-19-8-7-18(13-16(19)5-9-20(22)25)31-21-10-11-27-24(26-3)29-21/h4-13H,1-3H3,(H,28,30)(H,26,27,29). The van der Waals surface area contributed by atoms with Gasteiger partial charge in [-0.05, 0) is 72.1 Å². The van der Waals surface area contributed by atoms with Crippen LogP contribution in [0.15, 0.2) is 60.8 Å². The van der Waals surface area contributed by atoms with E-state index in [1.165, 1.54) is 6.07 Å². The predicted molar refractivity (Wildman–Crippen MR) is 119 cm³/mol. The zero-order valence-corrected chi connectivity index (χ0v) is 17.4.